The topological polar surface area (TPSA) is 12.9 Å². The number of pyridine rings is 1. The monoisotopic (exact) mass is 381 g/mol. The highest BCUT2D eigenvalue weighted by molar-refractivity contribution is 6.13. The zero-order valence-corrected chi connectivity index (χ0v) is 16.4. The Morgan fingerprint density at radius 3 is 1.77 bits per heavy atom. The second-order valence-corrected chi connectivity index (χ2v) is 7.62. The fourth-order valence-electron chi connectivity index (χ4n) is 4.56. The molecule has 0 amide bonds. The summed E-state index contributed by atoms with van der Waals surface area (Å²) in [5, 5.41) is 7.40. The number of nitrogens with zero attached hydrogens (tertiary/aromatic N) is 1. The molecule has 0 saturated heterocycles. The molecule has 1 aromatic heterocycles. The van der Waals surface area contributed by atoms with Gasteiger partial charge in [-0.15, -0.1) is 0 Å². The Kier molecular flexibility index (Phi) is 3.85. The maximum atomic E-state index is 4.82. The van der Waals surface area contributed by atoms with E-state index < -0.39 is 0 Å². The van der Waals surface area contributed by atoms with Crippen molar-refractivity contribution in [3.8, 4) is 22.4 Å². The molecule has 0 bridgehead atoms. The predicted octanol–water partition coefficient (Wildman–Crippen LogP) is 7.88. The smallest absolute Gasteiger partial charge is 0.0786 e. The Morgan fingerprint density at radius 1 is 0.400 bits per heavy atom. The van der Waals surface area contributed by atoms with Crippen molar-refractivity contribution in [3.63, 3.8) is 0 Å². The highest BCUT2D eigenvalue weighted by Crippen LogP contribution is 2.40. The fourth-order valence-corrected chi connectivity index (χ4v) is 4.56. The van der Waals surface area contributed by atoms with Crippen molar-refractivity contribution in [2.45, 2.75) is 0 Å². The number of benzene rings is 5. The van der Waals surface area contributed by atoms with E-state index in [0.29, 0.717) is 0 Å². The lowest BCUT2D eigenvalue weighted by Gasteiger charge is -2.15. The molecule has 6 rings (SSSR count). The highest BCUT2D eigenvalue weighted by Gasteiger charge is 2.14. The van der Waals surface area contributed by atoms with E-state index in [-0.39, 0.29) is 0 Å². The van der Waals surface area contributed by atoms with Gasteiger partial charge < -0.3 is 0 Å². The van der Waals surface area contributed by atoms with Crippen molar-refractivity contribution < 1.29 is 0 Å². The van der Waals surface area contributed by atoms with Crippen LogP contribution >= 0.6 is 0 Å². The molecule has 0 unspecified atom stereocenters. The molecule has 1 heterocycles. The molecule has 0 atom stereocenters. The molecule has 6 aromatic rings. The van der Waals surface area contributed by atoms with Crippen molar-refractivity contribution >= 4 is 32.3 Å². The van der Waals surface area contributed by atoms with Crippen molar-refractivity contribution in [1.29, 1.82) is 0 Å². The lowest BCUT2D eigenvalue weighted by atomic mass is 9.90. The van der Waals surface area contributed by atoms with Crippen LogP contribution < -0.4 is 0 Å². The summed E-state index contributed by atoms with van der Waals surface area (Å²) < 4.78 is 0. The van der Waals surface area contributed by atoms with E-state index in [4.69, 9.17) is 4.98 Å². The van der Waals surface area contributed by atoms with Gasteiger partial charge in [-0.3, -0.25) is 4.98 Å². The van der Waals surface area contributed by atoms with Gasteiger partial charge in [-0.25, -0.2) is 0 Å². The van der Waals surface area contributed by atoms with Gasteiger partial charge in [0.1, 0.15) is 0 Å². The van der Waals surface area contributed by atoms with Gasteiger partial charge in [-0.1, -0.05) is 103 Å². The van der Waals surface area contributed by atoms with Gasteiger partial charge in [0.05, 0.1) is 5.69 Å². The summed E-state index contributed by atoms with van der Waals surface area (Å²) in [6.07, 6.45) is 1.91. The Bertz CT molecular complexity index is 1420. The zero-order valence-electron chi connectivity index (χ0n) is 16.4. The van der Waals surface area contributed by atoms with Crippen LogP contribution in [0.3, 0.4) is 0 Å². The van der Waals surface area contributed by atoms with Gasteiger partial charge in [0.25, 0.3) is 0 Å². The molecule has 0 saturated carbocycles. The van der Waals surface area contributed by atoms with E-state index in [0.717, 1.165) is 5.69 Å². The van der Waals surface area contributed by atoms with Crippen molar-refractivity contribution in [3.05, 3.63) is 115 Å². The van der Waals surface area contributed by atoms with E-state index in [1.165, 1.54) is 49.0 Å². The van der Waals surface area contributed by atoms with Gasteiger partial charge >= 0.3 is 0 Å². The molecule has 0 radical (unpaired) electrons. The average Bonchev–Trinajstić information content (AvgIpc) is 2.82. The van der Waals surface area contributed by atoms with Gasteiger partial charge in [0.15, 0.2) is 0 Å². The summed E-state index contributed by atoms with van der Waals surface area (Å²) in [4.78, 5) is 4.82. The lowest BCUT2D eigenvalue weighted by Crippen LogP contribution is -1.90. The van der Waals surface area contributed by atoms with E-state index in [1.54, 1.807) is 0 Å². The van der Waals surface area contributed by atoms with E-state index in [1.807, 2.05) is 6.20 Å². The average molecular weight is 381 g/mol. The summed E-state index contributed by atoms with van der Waals surface area (Å²) in [5.74, 6) is 0. The first-order chi connectivity index (χ1) is 14.9. The van der Waals surface area contributed by atoms with Crippen LogP contribution in [0.1, 0.15) is 0 Å². The summed E-state index contributed by atoms with van der Waals surface area (Å²) in [6, 6.07) is 38.8. The molecular formula is C29H19N. The molecule has 0 aliphatic heterocycles. The van der Waals surface area contributed by atoms with Crippen molar-refractivity contribution in [2.24, 2.45) is 0 Å². The standard InChI is InChI=1S/C29H19N/c1-3-13-23-20(8-1)10-5-15-25(23)26-16-6-11-22-12-7-17-27(28(22)26)29-24-14-4-2-9-21(24)18-19-30-29/h1-19H. The van der Waals surface area contributed by atoms with Crippen LogP contribution in [0.25, 0.3) is 54.7 Å². The molecule has 30 heavy (non-hydrogen) atoms. The summed E-state index contributed by atoms with van der Waals surface area (Å²) in [5.41, 5.74) is 4.71. The number of hydrogen-bond donors (Lipinski definition) is 0. The molecule has 5 aromatic carbocycles. The number of hydrogen-bond acceptors (Lipinski definition) is 1. The van der Waals surface area contributed by atoms with E-state index >= 15 is 0 Å². The van der Waals surface area contributed by atoms with Crippen LogP contribution in [0, 0.1) is 0 Å². The molecule has 0 spiro atoms. The molecule has 0 aliphatic rings. The third-order valence-corrected chi connectivity index (χ3v) is 5.91. The number of fused-ring (bicyclic) bond motifs is 3. The van der Waals surface area contributed by atoms with Crippen LogP contribution in [-0.2, 0) is 0 Å². The fraction of sp³-hybridized carbons (Fsp3) is 0. The Hall–Kier alpha value is -3.97. The third kappa shape index (κ3) is 2.60. The summed E-state index contributed by atoms with van der Waals surface area (Å²) >= 11 is 0. The minimum Gasteiger partial charge on any atom is -0.256 e. The summed E-state index contributed by atoms with van der Waals surface area (Å²) in [7, 11) is 0. The normalized spacial score (nSPS) is 11.3. The van der Waals surface area contributed by atoms with Crippen LogP contribution in [-0.4, -0.2) is 4.98 Å². The molecular weight excluding hydrogens is 362 g/mol. The Labute approximate surface area is 175 Å². The predicted molar refractivity (Wildman–Crippen MR) is 128 cm³/mol. The SMILES string of the molecule is c1ccc2c(-c3cccc4cccc(-c5nccc6ccccc56)c34)cccc2c1. The van der Waals surface area contributed by atoms with Crippen LogP contribution in [0.5, 0.6) is 0 Å². The maximum Gasteiger partial charge on any atom is 0.0786 e. The largest absolute Gasteiger partial charge is 0.256 e. The highest BCUT2D eigenvalue weighted by atomic mass is 14.7. The number of aromatic nitrogens is 1. The minimum atomic E-state index is 1.03. The first kappa shape index (κ1) is 16.9. The molecule has 1 nitrogen and oxygen atoms in total. The van der Waals surface area contributed by atoms with Gasteiger partial charge in [0, 0.05) is 17.1 Å². The molecule has 0 fully saturated rings. The molecule has 140 valence electrons. The third-order valence-electron chi connectivity index (χ3n) is 5.91. The maximum absolute atomic E-state index is 4.82. The van der Waals surface area contributed by atoms with E-state index in [2.05, 4.69) is 109 Å². The Balaban J connectivity index is 1.74. The number of rotatable bonds is 2. The van der Waals surface area contributed by atoms with Crippen LogP contribution in [0.15, 0.2) is 115 Å². The zero-order chi connectivity index (χ0) is 19.9. The lowest BCUT2D eigenvalue weighted by molar-refractivity contribution is 1.36. The quantitative estimate of drug-likeness (QED) is 0.297. The first-order valence-electron chi connectivity index (χ1n) is 10.2. The van der Waals surface area contributed by atoms with Crippen molar-refractivity contribution in [2.75, 3.05) is 0 Å². The van der Waals surface area contributed by atoms with Crippen LogP contribution in [0.4, 0.5) is 0 Å². The second kappa shape index (κ2) is 6.82. The summed E-state index contributed by atoms with van der Waals surface area (Å²) in [6.45, 7) is 0. The Morgan fingerprint density at radius 2 is 0.967 bits per heavy atom. The molecule has 1 heteroatoms. The second-order valence-electron chi connectivity index (χ2n) is 7.62. The van der Waals surface area contributed by atoms with Gasteiger partial charge in [0.2, 0.25) is 0 Å². The van der Waals surface area contributed by atoms with Crippen LogP contribution in [0.2, 0.25) is 0 Å². The molecule has 0 N–H and O–H groups in total. The first-order valence-corrected chi connectivity index (χ1v) is 10.2. The van der Waals surface area contributed by atoms with E-state index in [9.17, 15) is 0 Å². The minimum absolute atomic E-state index is 1.03. The van der Waals surface area contributed by atoms with Crippen molar-refractivity contribution in [1.82, 2.24) is 4.98 Å². The molecule has 0 aliphatic carbocycles. The van der Waals surface area contributed by atoms with Gasteiger partial charge in [-0.2, -0.15) is 0 Å². The van der Waals surface area contributed by atoms with Gasteiger partial charge in [-0.05, 0) is 44.1 Å².